The van der Waals surface area contributed by atoms with Gasteiger partial charge in [0.25, 0.3) is 0 Å². The molecule has 2 fully saturated rings. The lowest BCUT2D eigenvalue weighted by Gasteiger charge is -2.29. The molecule has 4 heterocycles. The minimum atomic E-state index is -0.491. The highest BCUT2D eigenvalue weighted by Gasteiger charge is 2.44. The molecule has 0 amide bonds. The second-order valence-corrected chi connectivity index (χ2v) is 9.55. The van der Waals surface area contributed by atoms with Gasteiger partial charge in [-0.25, -0.2) is 13.8 Å². The number of benzene rings is 1. The molecule has 1 aromatic carbocycles. The van der Waals surface area contributed by atoms with E-state index in [1.807, 2.05) is 31.3 Å². The Hall–Kier alpha value is -3.13. The van der Waals surface area contributed by atoms with Crippen LogP contribution >= 0.6 is 0 Å². The molecule has 1 spiro atoms. The standard InChI is InChI=1S/C26H28F2N6/c1-17-26(6-2-3-7-26)20-12-18(13-21(27)25(20)32-17)24-22(28)15-34(16-31-24)23-5-4-19(14-30-23)33-10-8-29-9-11-33/h4-5,12-15,29H,2-3,6-11,16H2,1H3. The Kier molecular flexibility index (Phi) is 5.21. The summed E-state index contributed by atoms with van der Waals surface area (Å²) < 4.78 is 30.3. The van der Waals surface area contributed by atoms with E-state index in [4.69, 9.17) is 0 Å². The normalized spacial score (nSPS) is 21.4. The third kappa shape index (κ3) is 3.43. The van der Waals surface area contributed by atoms with Crippen LogP contribution in [0.2, 0.25) is 0 Å². The molecule has 8 heteroatoms. The molecule has 0 bridgehead atoms. The Morgan fingerprint density at radius 3 is 2.56 bits per heavy atom. The molecule has 1 saturated heterocycles. The largest absolute Gasteiger partial charge is 0.368 e. The molecular formula is C26H28F2N6. The lowest BCUT2D eigenvalue weighted by atomic mass is 9.76. The van der Waals surface area contributed by atoms with E-state index < -0.39 is 11.6 Å². The third-order valence-corrected chi connectivity index (χ3v) is 7.67. The van der Waals surface area contributed by atoms with Crippen LogP contribution in [0.25, 0.3) is 0 Å². The molecule has 1 aromatic heterocycles. The molecule has 0 atom stereocenters. The van der Waals surface area contributed by atoms with Crippen molar-refractivity contribution in [2.75, 3.05) is 42.6 Å². The molecule has 2 aromatic rings. The van der Waals surface area contributed by atoms with Crippen molar-refractivity contribution in [3.63, 3.8) is 0 Å². The summed E-state index contributed by atoms with van der Waals surface area (Å²) in [5.74, 6) is -0.265. The quantitative estimate of drug-likeness (QED) is 0.723. The van der Waals surface area contributed by atoms with E-state index in [-0.39, 0.29) is 17.8 Å². The predicted molar refractivity (Wildman–Crippen MR) is 132 cm³/mol. The summed E-state index contributed by atoms with van der Waals surface area (Å²) >= 11 is 0. The van der Waals surface area contributed by atoms with Crippen LogP contribution in [0.3, 0.4) is 0 Å². The van der Waals surface area contributed by atoms with Gasteiger partial charge < -0.3 is 15.1 Å². The van der Waals surface area contributed by atoms with Gasteiger partial charge in [0.15, 0.2) is 5.83 Å². The number of aliphatic imine (C=N–C) groups is 2. The maximum Gasteiger partial charge on any atom is 0.165 e. The summed E-state index contributed by atoms with van der Waals surface area (Å²) in [7, 11) is 0. The van der Waals surface area contributed by atoms with Gasteiger partial charge in [-0.1, -0.05) is 12.8 Å². The summed E-state index contributed by atoms with van der Waals surface area (Å²) in [6.45, 7) is 6.00. The molecule has 1 N–H and O–H groups in total. The number of hydrogen-bond acceptors (Lipinski definition) is 6. The highest BCUT2D eigenvalue weighted by Crippen LogP contribution is 2.51. The Bertz CT molecular complexity index is 1200. The monoisotopic (exact) mass is 462 g/mol. The molecule has 0 radical (unpaired) electrons. The van der Waals surface area contributed by atoms with Crippen molar-refractivity contribution >= 4 is 28.6 Å². The molecule has 6 rings (SSSR count). The van der Waals surface area contributed by atoms with Crippen LogP contribution in [-0.2, 0) is 5.41 Å². The van der Waals surface area contributed by atoms with Crippen molar-refractivity contribution in [2.45, 2.75) is 38.0 Å². The second-order valence-electron chi connectivity index (χ2n) is 9.55. The number of anilines is 2. The van der Waals surface area contributed by atoms with Crippen LogP contribution in [0.1, 0.15) is 43.7 Å². The number of halogens is 2. The highest BCUT2D eigenvalue weighted by molar-refractivity contribution is 6.13. The van der Waals surface area contributed by atoms with Crippen molar-refractivity contribution in [1.29, 1.82) is 0 Å². The number of rotatable bonds is 3. The van der Waals surface area contributed by atoms with Gasteiger partial charge in [0.1, 0.15) is 29.7 Å². The Morgan fingerprint density at radius 1 is 1.06 bits per heavy atom. The first-order valence-corrected chi connectivity index (χ1v) is 12.1. The van der Waals surface area contributed by atoms with Crippen LogP contribution in [-0.4, -0.2) is 49.3 Å². The van der Waals surface area contributed by atoms with Gasteiger partial charge in [-0.3, -0.25) is 9.98 Å². The van der Waals surface area contributed by atoms with E-state index in [0.717, 1.165) is 68.8 Å². The first kappa shape index (κ1) is 21.4. The van der Waals surface area contributed by atoms with E-state index in [1.54, 1.807) is 4.90 Å². The fourth-order valence-electron chi connectivity index (χ4n) is 5.78. The predicted octanol–water partition coefficient (Wildman–Crippen LogP) is 4.63. The number of hydrogen-bond donors (Lipinski definition) is 1. The smallest absolute Gasteiger partial charge is 0.165 e. The highest BCUT2D eigenvalue weighted by atomic mass is 19.1. The summed E-state index contributed by atoms with van der Waals surface area (Å²) in [6.07, 6.45) is 7.36. The summed E-state index contributed by atoms with van der Waals surface area (Å²) in [5, 5.41) is 3.34. The van der Waals surface area contributed by atoms with Gasteiger partial charge in [0.2, 0.25) is 0 Å². The topological polar surface area (TPSA) is 56.1 Å². The maximum absolute atomic E-state index is 15.3. The Balaban J connectivity index is 1.25. The number of nitrogens with one attached hydrogen (secondary N) is 1. The van der Waals surface area contributed by atoms with Crippen molar-refractivity contribution in [3.05, 3.63) is 59.4 Å². The van der Waals surface area contributed by atoms with Gasteiger partial charge in [0.05, 0.1) is 11.9 Å². The molecule has 176 valence electrons. The van der Waals surface area contributed by atoms with Gasteiger partial charge >= 0.3 is 0 Å². The van der Waals surface area contributed by atoms with Gasteiger partial charge in [-0.05, 0) is 49.6 Å². The number of allylic oxidation sites excluding steroid dienone is 1. The van der Waals surface area contributed by atoms with E-state index in [2.05, 4.69) is 25.2 Å². The fraction of sp³-hybridized carbons (Fsp3) is 0.423. The SMILES string of the molecule is CC1=Nc2c(F)cc(C3=NCN(c4ccc(N5CCNCC5)cn4)C=C3F)cc2C12CCCC2. The van der Waals surface area contributed by atoms with Crippen LogP contribution in [0.15, 0.2) is 52.5 Å². The van der Waals surface area contributed by atoms with Crippen LogP contribution < -0.4 is 15.1 Å². The molecule has 6 nitrogen and oxygen atoms in total. The molecule has 1 aliphatic carbocycles. The average Bonchev–Trinajstić information content (AvgIpc) is 3.47. The zero-order valence-electron chi connectivity index (χ0n) is 19.3. The van der Waals surface area contributed by atoms with E-state index in [0.29, 0.717) is 17.1 Å². The van der Waals surface area contributed by atoms with Crippen molar-refractivity contribution in [3.8, 4) is 0 Å². The lowest BCUT2D eigenvalue weighted by Crippen LogP contribution is -2.43. The van der Waals surface area contributed by atoms with E-state index >= 15 is 8.78 Å². The average molecular weight is 463 g/mol. The van der Waals surface area contributed by atoms with Crippen molar-refractivity contribution < 1.29 is 8.78 Å². The zero-order valence-corrected chi connectivity index (χ0v) is 19.3. The number of piperazine rings is 1. The minimum absolute atomic E-state index is 0.188. The number of aromatic nitrogens is 1. The van der Waals surface area contributed by atoms with Crippen LogP contribution in [0.5, 0.6) is 0 Å². The summed E-state index contributed by atoms with van der Waals surface area (Å²) in [6, 6.07) is 7.18. The Morgan fingerprint density at radius 2 is 1.85 bits per heavy atom. The second kappa shape index (κ2) is 8.27. The van der Waals surface area contributed by atoms with Crippen LogP contribution in [0, 0.1) is 5.82 Å². The summed E-state index contributed by atoms with van der Waals surface area (Å²) in [4.78, 5) is 17.5. The van der Waals surface area contributed by atoms with Gasteiger partial charge in [0, 0.05) is 49.1 Å². The van der Waals surface area contributed by atoms with Gasteiger partial charge in [-0.15, -0.1) is 0 Å². The molecule has 1 saturated carbocycles. The number of nitrogens with zero attached hydrogens (tertiary/aromatic N) is 5. The number of fused-ring (bicyclic) bond motifs is 2. The molecule has 4 aliphatic rings. The first-order chi connectivity index (χ1) is 16.5. The molecule has 0 unspecified atom stereocenters. The Labute approximate surface area is 198 Å². The summed E-state index contributed by atoms with van der Waals surface area (Å²) in [5.41, 5.74) is 3.79. The van der Waals surface area contributed by atoms with E-state index in [1.165, 1.54) is 12.3 Å². The van der Waals surface area contributed by atoms with Crippen LogP contribution in [0.4, 0.5) is 26.0 Å². The maximum atomic E-state index is 15.3. The van der Waals surface area contributed by atoms with Crippen molar-refractivity contribution in [2.24, 2.45) is 9.98 Å². The first-order valence-electron chi connectivity index (χ1n) is 12.1. The van der Waals surface area contributed by atoms with Gasteiger partial charge in [-0.2, -0.15) is 0 Å². The van der Waals surface area contributed by atoms with E-state index in [9.17, 15) is 0 Å². The minimum Gasteiger partial charge on any atom is -0.368 e. The molecule has 34 heavy (non-hydrogen) atoms. The van der Waals surface area contributed by atoms with Crippen molar-refractivity contribution in [1.82, 2.24) is 10.3 Å². The third-order valence-electron chi connectivity index (χ3n) is 7.67. The molecule has 3 aliphatic heterocycles. The molecular weight excluding hydrogens is 434 g/mol. The number of pyridine rings is 1. The zero-order chi connectivity index (χ0) is 23.3. The lowest BCUT2D eigenvalue weighted by molar-refractivity contribution is 0.588. The fourth-order valence-corrected chi connectivity index (χ4v) is 5.78.